The van der Waals surface area contributed by atoms with Crippen molar-refractivity contribution < 1.29 is 23.2 Å². The molecule has 5 aromatic rings. The number of methoxy groups -OCH3 is 1. The fraction of sp³-hybridized carbons (Fsp3) is 0.231. The zero-order chi connectivity index (χ0) is 25.5. The first kappa shape index (κ1) is 22.9. The predicted octanol–water partition coefficient (Wildman–Crippen LogP) is 3.94. The molecule has 2 aromatic carbocycles. The Hall–Kier alpha value is -4.51. The Bertz CT molecular complexity index is 1600. The van der Waals surface area contributed by atoms with E-state index in [1.54, 1.807) is 47.2 Å². The number of amides is 1. The molecule has 1 amide bonds. The zero-order valence-electron chi connectivity index (χ0n) is 20.2. The number of aromatic nitrogens is 5. The van der Waals surface area contributed by atoms with Crippen LogP contribution in [0.1, 0.15) is 21.6 Å². The molecule has 10 nitrogen and oxygen atoms in total. The first-order valence-corrected chi connectivity index (χ1v) is 11.7. The van der Waals surface area contributed by atoms with Gasteiger partial charge < -0.3 is 18.9 Å². The van der Waals surface area contributed by atoms with Crippen LogP contribution in [0.15, 0.2) is 53.2 Å². The number of hydrogen-bond acceptors (Lipinski definition) is 7. The number of rotatable bonds is 7. The molecule has 1 N–H and O–H groups in total. The van der Waals surface area contributed by atoms with Gasteiger partial charge in [-0.15, -0.1) is 0 Å². The number of halogens is 1. The second-order valence-corrected chi connectivity index (χ2v) is 8.80. The number of aromatic amines is 1. The number of fused-ring (bicyclic) bond motifs is 2. The molecule has 0 unspecified atom stereocenters. The molecule has 4 heterocycles. The van der Waals surface area contributed by atoms with Crippen LogP contribution in [0.3, 0.4) is 0 Å². The minimum atomic E-state index is -0.511. The third kappa shape index (κ3) is 4.12. The Morgan fingerprint density at radius 2 is 2.00 bits per heavy atom. The van der Waals surface area contributed by atoms with Crippen LogP contribution in [0.25, 0.3) is 33.6 Å². The lowest BCUT2D eigenvalue weighted by atomic mass is 10.1. The van der Waals surface area contributed by atoms with Crippen molar-refractivity contribution in [1.82, 2.24) is 30.0 Å². The van der Waals surface area contributed by atoms with Crippen molar-refractivity contribution in [2.45, 2.75) is 13.1 Å². The molecule has 0 saturated heterocycles. The van der Waals surface area contributed by atoms with Gasteiger partial charge >= 0.3 is 0 Å². The van der Waals surface area contributed by atoms with Gasteiger partial charge in [0.05, 0.1) is 30.6 Å². The van der Waals surface area contributed by atoms with Gasteiger partial charge in [0, 0.05) is 54.9 Å². The van der Waals surface area contributed by atoms with E-state index < -0.39 is 5.82 Å². The van der Waals surface area contributed by atoms with Crippen molar-refractivity contribution in [3.05, 3.63) is 71.3 Å². The third-order valence-corrected chi connectivity index (χ3v) is 6.47. The van der Waals surface area contributed by atoms with Gasteiger partial charge in [-0.05, 0) is 18.2 Å². The van der Waals surface area contributed by atoms with E-state index in [1.165, 1.54) is 6.07 Å². The Labute approximate surface area is 210 Å². The molecule has 0 fully saturated rings. The van der Waals surface area contributed by atoms with Gasteiger partial charge in [-0.25, -0.2) is 4.39 Å². The molecular formula is C26H23FN6O4. The monoisotopic (exact) mass is 502 g/mol. The average Bonchev–Trinajstić information content (AvgIpc) is 3.69. The van der Waals surface area contributed by atoms with E-state index in [0.29, 0.717) is 53.3 Å². The van der Waals surface area contributed by atoms with Crippen molar-refractivity contribution in [3.63, 3.8) is 0 Å². The largest absolute Gasteiger partial charge is 0.488 e. The highest BCUT2D eigenvalue weighted by atomic mass is 19.1. The van der Waals surface area contributed by atoms with E-state index in [2.05, 4.69) is 20.5 Å². The standard InChI is InChI=1S/C26H23FN6O4/c1-32-22-14-33(13-17(22)12-28-32)26(34)16-5-3-15(4-6-16)20-10-24(37-31-20)25-18-9-19(27)23(36-8-7-35-2)11-21(18)29-30-25/h3-6,9-12H,7-8,13-14H2,1-2H3,(H,29,30). The Morgan fingerprint density at radius 3 is 2.78 bits per heavy atom. The van der Waals surface area contributed by atoms with Crippen LogP contribution in [-0.4, -0.2) is 56.3 Å². The van der Waals surface area contributed by atoms with Crippen molar-refractivity contribution in [2.75, 3.05) is 20.3 Å². The molecule has 11 heteroatoms. The second kappa shape index (κ2) is 9.17. The summed E-state index contributed by atoms with van der Waals surface area (Å²) in [5.41, 5.74) is 5.11. The number of aryl methyl sites for hydroxylation is 1. The molecule has 0 spiro atoms. The van der Waals surface area contributed by atoms with Crippen molar-refractivity contribution in [2.24, 2.45) is 7.05 Å². The topological polar surface area (TPSA) is 111 Å². The minimum Gasteiger partial charge on any atom is -0.488 e. The van der Waals surface area contributed by atoms with E-state index in [9.17, 15) is 9.18 Å². The maximum Gasteiger partial charge on any atom is 0.254 e. The molecule has 0 bridgehead atoms. The SMILES string of the molecule is COCCOc1cc2[nH]nc(-c3cc(-c4ccc(C(=O)N5Cc6cnn(C)c6C5)cc4)no3)c2cc1F. The number of hydrogen-bond donors (Lipinski definition) is 1. The summed E-state index contributed by atoms with van der Waals surface area (Å²) in [5, 5.41) is 16.1. The molecule has 37 heavy (non-hydrogen) atoms. The smallest absolute Gasteiger partial charge is 0.254 e. The number of benzene rings is 2. The number of nitrogens with zero attached hydrogens (tertiary/aromatic N) is 5. The van der Waals surface area contributed by atoms with E-state index in [0.717, 1.165) is 16.8 Å². The summed E-state index contributed by atoms with van der Waals surface area (Å²) in [6.45, 7) is 1.68. The molecule has 188 valence electrons. The van der Waals surface area contributed by atoms with Gasteiger partial charge in [-0.3, -0.25) is 14.6 Å². The van der Waals surface area contributed by atoms with E-state index in [4.69, 9.17) is 14.0 Å². The fourth-order valence-corrected chi connectivity index (χ4v) is 4.47. The van der Waals surface area contributed by atoms with Crippen molar-refractivity contribution >= 4 is 16.8 Å². The van der Waals surface area contributed by atoms with Crippen molar-refractivity contribution in [1.29, 1.82) is 0 Å². The van der Waals surface area contributed by atoms with Crippen LogP contribution in [0.5, 0.6) is 5.75 Å². The van der Waals surface area contributed by atoms with E-state index in [1.807, 2.05) is 19.2 Å². The van der Waals surface area contributed by atoms with Crippen LogP contribution < -0.4 is 4.74 Å². The summed E-state index contributed by atoms with van der Waals surface area (Å²) in [7, 11) is 3.43. The summed E-state index contributed by atoms with van der Waals surface area (Å²) in [6, 6.07) is 11.8. The van der Waals surface area contributed by atoms with E-state index in [-0.39, 0.29) is 18.3 Å². The van der Waals surface area contributed by atoms with Crippen molar-refractivity contribution in [3.8, 4) is 28.5 Å². The highest BCUT2D eigenvalue weighted by Gasteiger charge is 2.27. The van der Waals surface area contributed by atoms with Crippen LogP contribution in [-0.2, 0) is 24.9 Å². The Morgan fingerprint density at radius 1 is 1.16 bits per heavy atom. The van der Waals surface area contributed by atoms with Gasteiger partial charge in [0.1, 0.15) is 18.0 Å². The summed E-state index contributed by atoms with van der Waals surface area (Å²) >= 11 is 0. The first-order valence-electron chi connectivity index (χ1n) is 11.7. The normalized spacial score (nSPS) is 12.9. The summed E-state index contributed by atoms with van der Waals surface area (Å²) in [5.74, 6) is -0.0535. The molecule has 0 aliphatic carbocycles. The van der Waals surface area contributed by atoms with Gasteiger partial charge in [-0.2, -0.15) is 10.2 Å². The maximum atomic E-state index is 14.6. The van der Waals surface area contributed by atoms with Gasteiger partial charge in [0.2, 0.25) is 0 Å². The van der Waals surface area contributed by atoms with Crippen LogP contribution >= 0.6 is 0 Å². The van der Waals surface area contributed by atoms with Gasteiger partial charge in [0.25, 0.3) is 5.91 Å². The summed E-state index contributed by atoms with van der Waals surface area (Å²) in [6.07, 6.45) is 1.81. The predicted molar refractivity (Wildman–Crippen MR) is 131 cm³/mol. The Balaban J connectivity index is 1.19. The molecule has 0 saturated carbocycles. The fourth-order valence-electron chi connectivity index (χ4n) is 4.47. The van der Waals surface area contributed by atoms with Crippen LogP contribution in [0.4, 0.5) is 4.39 Å². The number of ether oxygens (including phenoxy) is 2. The third-order valence-electron chi connectivity index (χ3n) is 6.47. The molecule has 3 aromatic heterocycles. The highest BCUT2D eigenvalue weighted by Crippen LogP contribution is 2.33. The Kier molecular flexibility index (Phi) is 5.68. The zero-order valence-corrected chi connectivity index (χ0v) is 20.2. The molecule has 6 rings (SSSR count). The van der Waals surface area contributed by atoms with Gasteiger partial charge in [0.15, 0.2) is 17.3 Å². The number of carbonyl (C=O) groups is 1. The second-order valence-electron chi connectivity index (χ2n) is 8.80. The lowest BCUT2D eigenvalue weighted by molar-refractivity contribution is 0.0748. The summed E-state index contributed by atoms with van der Waals surface area (Å²) in [4.78, 5) is 14.8. The molecule has 0 atom stereocenters. The molecular weight excluding hydrogens is 479 g/mol. The number of carbonyl (C=O) groups excluding carboxylic acids is 1. The quantitative estimate of drug-likeness (QED) is 0.336. The van der Waals surface area contributed by atoms with E-state index >= 15 is 0 Å². The maximum absolute atomic E-state index is 14.6. The first-order chi connectivity index (χ1) is 18.0. The lowest BCUT2D eigenvalue weighted by Gasteiger charge is -2.16. The average molecular weight is 503 g/mol. The molecule has 1 aliphatic rings. The summed E-state index contributed by atoms with van der Waals surface area (Å²) < 4.78 is 32.3. The van der Waals surface area contributed by atoms with Crippen LogP contribution in [0.2, 0.25) is 0 Å². The molecule has 1 aliphatic heterocycles. The highest BCUT2D eigenvalue weighted by molar-refractivity contribution is 5.95. The molecule has 0 radical (unpaired) electrons. The van der Waals surface area contributed by atoms with Crippen LogP contribution in [0, 0.1) is 5.82 Å². The number of nitrogens with one attached hydrogen (secondary N) is 1. The van der Waals surface area contributed by atoms with Gasteiger partial charge in [-0.1, -0.05) is 17.3 Å². The minimum absolute atomic E-state index is 0.0424. The number of H-pyrrole nitrogens is 1. The lowest BCUT2D eigenvalue weighted by Crippen LogP contribution is -2.26.